The van der Waals surface area contributed by atoms with Crippen molar-refractivity contribution in [2.45, 2.75) is 29.6 Å². The second-order valence-electron chi connectivity index (χ2n) is 8.77. The summed E-state index contributed by atoms with van der Waals surface area (Å²) >= 11 is 0. The molecule has 1 heterocycles. The Labute approximate surface area is 203 Å². The van der Waals surface area contributed by atoms with Gasteiger partial charge in [0.05, 0.1) is 40.1 Å². The van der Waals surface area contributed by atoms with Crippen molar-refractivity contribution in [2.24, 2.45) is 0 Å². The molecule has 184 valence electrons. The van der Waals surface area contributed by atoms with Crippen LogP contribution in [0.1, 0.15) is 29.0 Å². The summed E-state index contributed by atoms with van der Waals surface area (Å²) in [6, 6.07) is 15.3. The lowest BCUT2D eigenvalue weighted by Crippen LogP contribution is -2.52. The van der Waals surface area contributed by atoms with Crippen molar-refractivity contribution >= 4 is 0 Å². The molecule has 1 unspecified atom stereocenters. The number of benzene rings is 3. The van der Waals surface area contributed by atoms with Crippen LogP contribution in [0.25, 0.3) is 0 Å². The number of methoxy groups -OCH3 is 4. The highest BCUT2D eigenvalue weighted by atomic mass is 16.5. The van der Waals surface area contributed by atoms with E-state index in [-0.39, 0.29) is 12.2 Å². The fourth-order valence-corrected chi connectivity index (χ4v) is 5.70. The number of aromatic hydroxyl groups is 1. The number of aliphatic hydroxyl groups is 2. The van der Waals surface area contributed by atoms with Crippen molar-refractivity contribution in [1.29, 1.82) is 0 Å². The molecule has 1 aliphatic carbocycles. The summed E-state index contributed by atoms with van der Waals surface area (Å²) < 4.78 is 28.7. The van der Waals surface area contributed by atoms with Crippen LogP contribution in [0.4, 0.5) is 0 Å². The van der Waals surface area contributed by atoms with Crippen molar-refractivity contribution in [1.82, 2.24) is 0 Å². The van der Waals surface area contributed by atoms with Crippen LogP contribution in [0, 0.1) is 0 Å². The highest BCUT2D eigenvalue weighted by Gasteiger charge is 2.73. The molecule has 3 aromatic carbocycles. The molecular weight excluding hydrogens is 452 g/mol. The van der Waals surface area contributed by atoms with Crippen LogP contribution in [-0.2, 0) is 11.2 Å². The second-order valence-corrected chi connectivity index (χ2v) is 8.77. The van der Waals surface area contributed by atoms with E-state index in [9.17, 15) is 15.3 Å². The van der Waals surface area contributed by atoms with E-state index in [1.165, 1.54) is 27.4 Å². The number of ether oxygens (including phenoxy) is 5. The zero-order valence-electron chi connectivity index (χ0n) is 19.9. The van der Waals surface area contributed by atoms with Gasteiger partial charge in [0.2, 0.25) is 0 Å². The largest absolute Gasteiger partial charge is 0.508 e. The highest BCUT2D eigenvalue weighted by molar-refractivity contribution is 5.63. The van der Waals surface area contributed by atoms with Crippen LogP contribution in [0.5, 0.6) is 34.5 Å². The first-order valence-electron chi connectivity index (χ1n) is 11.2. The van der Waals surface area contributed by atoms with Crippen LogP contribution in [-0.4, -0.2) is 49.9 Å². The minimum atomic E-state index is -1.87. The quantitative estimate of drug-likeness (QED) is 0.493. The molecule has 0 radical (unpaired) electrons. The van der Waals surface area contributed by atoms with Gasteiger partial charge in [-0.15, -0.1) is 0 Å². The molecule has 8 nitrogen and oxygen atoms in total. The van der Waals surface area contributed by atoms with Crippen molar-refractivity contribution in [3.63, 3.8) is 0 Å². The summed E-state index contributed by atoms with van der Waals surface area (Å²) in [6.07, 6.45) is -1.05. The van der Waals surface area contributed by atoms with Crippen molar-refractivity contribution < 1.29 is 39.0 Å². The van der Waals surface area contributed by atoms with E-state index in [2.05, 4.69) is 0 Å². The maximum absolute atomic E-state index is 12.5. The Bertz CT molecular complexity index is 1260. The number of fused-ring (bicyclic) bond motifs is 3. The molecule has 5 rings (SSSR count). The first kappa shape index (κ1) is 23.1. The van der Waals surface area contributed by atoms with Crippen LogP contribution in [0.3, 0.4) is 0 Å². The fraction of sp³-hybridized carbons (Fsp3) is 0.333. The summed E-state index contributed by atoms with van der Waals surface area (Å²) in [5, 5.41) is 34.0. The van der Waals surface area contributed by atoms with E-state index in [4.69, 9.17) is 23.7 Å². The average molecular weight is 481 g/mol. The molecule has 0 aromatic heterocycles. The fourth-order valence-electron chi connectivity index (χ4n) is 5.70. The van der Waals surface area contributed by atoms with Gasteiger partial charge in [0.15, 0.2) is 11.2 Å². The van der Waals surface area contributed by atoms with Crippen molar-refractivity contribution in [3.8, 4) is 34.5 Å². The van der Waals surface area contributed by atoms with Crippen molar-refractivity contribution in [2.75, 3.05) is 28.4 Å². The van der Waals surface area contributed by atoms with Gasteiger partial charge in [0, 0.05) is 29.7 Å². The lowest BCUT2D eigenvalue weighted by atomic mass is 9.71. The van der Waals surface area contributed by atoms with Gasteiger partial charge in [-0.2, -0.15) is 0 Å². The van der Waals surface area contributed by atoms with E-state index < -0.39 is 23.2 Å². The molecule has 1 aliphatic heterocycles. The summed E-state index contributed by atoms with van der Waals surface area (Å²) in [4.78, 5) is 0. The minimum Gasteiger partial charge on any atom is -0.508 e. The van der Waals surface area contributed by atoms with Gasteiger partial charge < -0.3 is 39.0 Å². The molecule has 0 amide bonds. The molecule has 3 aromatic rings. The molecule has 0 saturated heterocycles. The maximum atomic E-state index is 12.5. The number of hydrogen-bond acceptors (Lipinski definition) is 8. The van der Waals surface area contributed by atoms with Gasteiger partial charge in [-0.25, -0.2) is 0 Å². The predicted molar refractivity (Wildman–Crippen MR) is 127 cm³/mol. The molecule has 0 bridgehead atoms. The first-order chi connectivity index (χ1) is 16.8. The molecule has 35 heavy (non-hydrogen) atoms. The topological polar surface area (TPSA) is 107 Å². The Morgan fingerprint density at radius 1 is 0.829 bits per heavy atom. The number of phenolic OH excluding ortho intramolecular Hbond substituents is 1. The third-order valence-corrected chi connectivity index (χ3v) is 7.26. The Balaban J connectivity index is 1.82. The number of phenols is 1. The van der Waals surface area contributed by atoms with Crippen molar-refractivity contribution in [3.05, 3.63) is 71.3 Å². The van der Waals surface area contributed by atoms with Gasteiger partial charge in [-0.3, -0.25) is 0 Å². The van der Waals surface area contributed by atoms with E-state index >= 15 is 0 Å². The van der Waals surface area contributed by atoms with Gasteiger partial charge >= 0.3 is 0 Å². The standard InChI is InChI=1S/C27H28O8/c1-31-17-8-5-15(6-9-17)27-20(19-10-7-16(28)11-21(19)33-3)14-24(29)26(27,30)25-22(34-4)12-18(32-2)13-23(25)35-27/h5-13,20,24,28-30H,14H2,1-4H3/t20-,24?,26+,27-/m0/s1. The molecule has 1 fully saturated rings. The lowest BCUT2D eigenvalue weighted by molar-refractivity contribution is -0.150. The third-order valence-electron chi connectivity index (χ3n) is 7.26. The highest BCUT2D eigenvalue weighted by Crippen LogP contribution is 2.69. The van der Waals surface area contributed by atoms with E-state index in [1.807, 2.05) is 12.1 Å². The lowest BCUT2D eigenvalue weighted by Gasteiger charge is -2.41. The number of aliphatic hydroxyl groups excluding tert-OH is 1. The predicted octanol–water partition coefficient (Wildman–Crippen LogP) is 3.45. The number of hydrogen-bond donors (Lipinski definition) is 3. The SMILES string of the molecule is COc1ccc([C@@]23Oc4cc(OC)cc(OC)c4[C@]2(O)C(O)C[C@H]3c2ccc(O)cc2OC)cc1. The normalized spacial score (nSPS) is 26.5. The van der Waals surface area contributed by atoms with Gasteiger partial charge in [-0.05, 0) is 30.2 Å². The smallest absolute Gasteiger partial charge is 0.176 e. The molecule has 4 atom stereocenters. The molecule has 2 aliphatic rings. The third kappa shape index (κ3) is 3.06. The number of rotatable bonds is 6. The average Bonchev–Trinajstić information content (AvgIpc) is 3.28. The molecular formula is C27H28O8. The second kappa shape index (κ2) is 8.25. The summed E-state index contributed by atoms with van der Waals surface area (Å²) in [5.74, 6) is 1.72. The zero-order chi connectivity index (χ0) is 25.0. The van der Waals surface area contributed by atoms with Gasteiger partial charge in [0.1, 0.15) is 34.5 Å². The van der Waals surface area contributed by atoms with E-state index in [1.54, 1.807) is 43.5 Å². The van der Waals surface area contributed by atoms with Crippen LogP contribution in [0.2, 0.25) is 0 Å². The molecule has 8 heteroatoms. The Morgan fingerprint density at radius 3 is 2.14 bits per heavy atom. The molecule has 1 saturated carbocycles. The summed E-state index contributed by atoms with van der Waals surface area (Å²) in [6.45, 7) is 0. The Morgan fingerprint density at radius 2 is 1.51 bits per heavy atom. The minimum absolute atomic E-state index is 0.0416. The monoisotopic (exact) mass is 480 g/mol. The first-order valence-corrected chi connectivity index (χ1v) is 11.2. The Kier molecular flexibility index (Phi) is 5.45. The molecule has 0 spiro atoms. The van der Waals surface area contributed by atoms with Gasteiger partial charge in [-0.1, -0.05) is 18.2 Å². The van der Waals surface area contributed by atoms with E-state index in [0.717, 1.165) is 0 Å². The zero-order valence-corrected chi connectivity index (χ0v) is 19.9. The maximum Gasteiger partial charge on any atom is 0.176 e. The molecule has 3 N–H and O–H groups in total. The summed E-state index contributed by atoms with van der Waals surface area (Å²) in [5.41, 5.74) is -1.67. The Hall–Kier alpha value is -3.62. The van der Waals surface area contributed by atoms with Gasteiger partial charge in [0.25, 0.3) is 0 Å². The summed E-state index contributed by atoms with van der Waals surface area (Å²) in [7, 11) is 6.11. The van der Waals surface area contributed by atoms with Crippen LogP contribution < -0.4 is 23.7 Å². The van der Waals surface area contributed by atoms with Crippen LogP contribution >= 0.6 is 0 Å². The van der Waals surface area contributed by atoms with E-state index in [0.29, 0.717) is 45.4 Å². The van der Waals surface area contributed by atoms with Crippen LogP contribution in [0.15, 0.2) is 54.6 Å².